The van der Waals surface area contributed by atoms with Crippen molar-refractivity contribution in [1.82, 2.24) is 14.5 Å². The maximum absolute atomic E-state index is 13.6. The minimum Gasteiger partial charge on any atom is -0.371 e. The van der Waals surface area contributed by atoms with Crippen LogP contribution in [-0.2, 0) is 18.3 Å². The molecule has 4 rings (SSSR count). The Bertz CT molecular complexity index is 911. The first-order chi connectivity index (χ1) is 12.1. The number of aromatic nitrogens is 2. The predicted octanol–water partition coefficient (Wildman–Crippen LogP) is 3.94. The van der Waals surface area contributed by atoms with Crippen molar-refractivity contribution in [2.75, 3.05) is 19.7 Å². The van der Waals surface area contributed by atoms with E-state index in [9.17, 15) is 4.39 Å². The van der Waals surface area contributed by atoms with E-state index < -0.39 is 0 Å². The zero-order chi connectivity index (χ0) is 17.4. The van der Waals surface area contributed by atoms with Gasteiger partial charge in [-0.05, 0) is 35.4 Å². The van der Waals surface area contributed by atoms with Crippen LogP contribution >= 0.6 is 11.6 Å². The quantitative estimate of drug-likeness (QED) is 0.709. The molecule has 1 aliphatic heterocycles. The summed E-state index contributed by atoms with van der Waals surface area (Å²) in [5, 5.41) is 0.160. The van der Waals surface area contributed by atoms with E-state index in [1.807, 2.05) is 30.1 Å². The highest BCUT2D eigenvalue weighted by Crippen LogP contribution is 2.26. The van der Waals surface area contributed by atoms with Crippen molar-refractivity contribution in [2.24, 2.45) is 7.05 Å². The second kappa shape index (κ2) is 6.75. The van der Waals surface area contributed by atoms with Crippen molar-refractivity contribution in [3.05, 3.63) is 64.7 Å². The maximum atomic E-state index is 13.6. The first-order valence-electron chi connectivity index (χ1n) is 8.29. The number of imidazole rings is 1. The highest BCUT2D eigenvalue weighted by atomic mass is 35.5. The lowest BCUT2D eigenvalue weighted by Gasteiger charge is -2.33. The number of hydrogen-bond donors (Lipinski definition) is 0. The van der Waals surface area contributed by atoms with Crippen molar-refractivity contribution in [3.8, 4) is 0 Å². The lowest BCUT2D eigenvalue weighted by molar-refractivity contribution is -0.0329. The van der Waals surface area contributed by atoms with E-state index in [1.54, 1.807) is 6.07 Å². The van der Waals surface area contributed by atoms with Crippen molar-refractivity contribution in [1.29, 1.82) is 0 Å². The Morgan fingerprint density at radius 2 is 2.16 bits per heavy atom. The highest BCUT2D eigenvalue weighted by molar-refractivity contribution is 6.30. The number of morpholine rings is 1. The van der Waals surface area contributed by atoms with E-state index in [0.29, 0.717) is 13.2 Å². The molecule has 6 heteroatoms. The molecule has 2 heterocycles. The van der Waals surface area contributed by atoms with E-state index in [0.717, 1.165) is 35.2 Å². The number of hydrogen-bond acceptors (Lipinski definition) is 3. The summed E-state index contributed by atoms with van der Waals surface area (Å²) in [6.07, 6.45) is 1.82. The standard InChI is InChI=1S/C19H19ClFN3O/c1-23-12-22-17-5-3-14(9-18(17)23)19-11-24(6-7-25-19)10-13-2-4-15(20)16(21)8-13/h2-5,8-9,12,19H,6-7,10-11H2,1H3/t19-/m0/s1. The molecule has 1 saturated heterocycles. The zero-order valence-corrected chi connectivity index (χ0v) is 14.7. The summed E-state index contributed by atoms with van der Waals surface area (Å²) in [6.45, 7) is 2.94. The fraction of sp³-hybridized carbons (Fsp3) is 0.316. The first-order valence-corrected chi connectivity index (χ1v) is 8.67. The molecule has 1 fully saturated rings. The smallest absolute Gasteiger partial charge is 0.142 e. The Morgan fingerprint density at radius 3 is 3.00 bits per heavy atom. The van der Waals surface area contributed by atoms with Gasteiger partial charge in [0.2, 0.25) is 0 Å². The lowest BCUT2D eigenvalue weighted by Crippen LogP contribution is -2.37. The third-order valence-corrected chi connectivity index (χ3v) is 4.97. The molecule has 0 N–H and O–H groups in total. The minimum atomic E-state index is -0.370. The molecule has 4 nitrogen and oxygen atoms in total. The van der Waals surface area contributed by atoms with Gasteiger partial charge < -0.3 is 9.30 Å². The molecule has 2 aromatic carbocycles. The van der Waals surface area contributed by atoms with Gasteiger partial charge in [0.15, 0.2) is 0 Å². The van der Waals surface area contributed by atoms with Gasteiger partial charge in [0.1, 0.15) is 5.82 Å². The van der Waals surface area contributed by atoms with Gasteiger partial charge in [-0.15, -0.1) is 0 Å². The number of nitrogens with zero attached hydrogens (tertiary/aromatic N) is 3. The van der Waals surface area contributed by atoms with Crippen LogP contribution in [0.4, 0.5) is 4.39 Å². The predicted molar refractivity (Wildman–Crippen MR) is 96.1 cm³/mol. The molecular formula is C19H19ClFN3O. The molecule has 3 aromatic rings. The van der Waals surface area contributed by atoms with Gasteiger partial charge in [0.25, 0.3) is 0 Å². The van der Waals surface area contributed by atoms with Crippen LogP contribution in [0.25, 0.3) is 11.0 Å². The van der Waals surface area contributed by atoms with Gasteiger partial charge in [-0.1, -0.05) is 23.7 Å². The molecule has 0 aliphatic carbocycles. The first kappa shape index (κ1) is 16.5. The van der Waals surface area contributed by atoms with E-state index in [2.05, 4.69) is 22.0 Å². The van der Waals surface area contributed by atoms with Crippen LogP contribution in [-0.4, -0.2) is 34.1 Å². The number of aryl methyl sites for hydroxylation is 1. The Morgan fingerprint density at radius 1 is 1.28 bits per heavy atom. The largest absolute Gasteiger partial charge is 0.371 e. The summed E-state index contributed by atoms with van der Waals surface area (Å²) >= 11 is 5.76. The Hall–Kier alpha value is -1.95. The SMILES string of the molecule is Cn1cnc2ccc([C@@H]3CN(Cc4ccc(Cl)c(F)c4)CCO3)cc21. The topological polar surface area (TPSA) is 30.3 Å². The van der Waals surface area contributed by atoms with E-state index in [-0.39, 0.29) is 16.9 Å². The molecule has 0 bridgehead atoms. The summed E-state index contributed by atoms with van der Waals surface area (Å²) in [7, 11) is 1.99. The molecular weight excluding hydrogens is 341 g/mol. The zero-order valence-electron chi connectivity index (χ0n) is 14.0. The lowest BCUT2D eigenvalue weighted by atomic mass is 10.1. The molecule has 1 aliphatic rings. The number of rotatable bonds is 3. The normalized spacial score (nSPS) is 18.8. The highest BCUT2D eigenvalue weighted by Gasteiger charge is 2.23. The van der Waals surface area contributed by atoms with Crippen LogP contribution in [0.2, 0.25) is 5.02 Å². The molecule has 1 atom stereocenters. The molecule has 0 saturated carbocycles. The van der Waals surface area contributed by atoms with Crippen molar-refractivity contribution < 1.29 is 9.13 Å². The number of fused-ring (bicyclic) bond motifs is 1. The second-order valence-electron chi connectivity index (χ2n) is 6.45. The fourth-order valence-electron chi connectivity index (χ4n) is 3.29. The van der Waals surface area contributed by atoms with E-state index >= 15 is 0 Å². The monoisotopic (exact) mass is 359 g/mol. The Balaban J connectivity index is 1.51. The van der Waals surface area contributed by atoms with Crippen molar-refractivity contribution in [3.63, 3.8) is 0 Å². The van der Waals surface area contributed by atoms with Crippen LogP contribution < -0.4 is 0 Å². The molecule has 130 valence electrons. The van der Waals surface area contributed by atoms with Gasteiger partial charge in [0, 0.05) is 26.7 Å². The van der Waals surface area contributed by atoms with Gasteiger partial charge in [0.05, 0.1) is 35.1 Å². The molecule has 25 heavy (non-hydrogen) atoms. The van der Waals surface area contributed by atoms with E-state index in [1.165, 1.54) is 6.07 Å². The minimum absolute atomic E-state index is 0.00481. The summed E-state index contributed by atoms with van der Waals surface area (Å²) in [5.41, 5.74) is 4.14. The number of ether oxygens (including phenoxy) is 1. The van der Waals surface area contributed by atoms with Crippen LogP contribution in [0, 0.1) is 5.82 Å². The Labute approximate surface area is 150 Å². The van der Waals surface area contributed by atoms with Crippen LogP contribution in [0.3, 0.4) is 0 Å². The summed E-state index contributed by atoms with van der Waals surface area (Å²) in [5.74, 6) is -0.370. The molecule has 0 radical (unpaired) electrons. The average Bonchev–Trinajstić information content (AvgIpc) is 2.99. The molecule has 0 unspecified atom stereocenters. The molecule has 0 spiro atoms. The Kier molecular flexibility index (Phi) is 4.46. The third-order valence-electron chi connectivity index (χ3n) is 4.66. The number of benzene rings is 2. The number of halogens is 2. The third kappa shape index (κ3) is 3.40. The van der Waals surface area contributed by atoms with Crippen molar-refractivity contribution >= 4 is 22.6 Å². The average molecular weight is 360 g/mol. The van der Waals surface area contributed by atoms with E-state index in [4.69, 9.17) is 16.3 Å². The van der Waals surface area contributed by atoms with Gasteiger partial charge >= 0.3 is 0 Å². The molecule has 0 amide bonds. The van der Waals surface area contributed by atoms with Gasteiger partial charge in [-0.3, -0.25) is 4.90 Å². The van der Waals surface area contributed by atoms with Gasteiger partial charge in [-0.25, -0.2) is 9.37 Å². The molecule has 1 aromatic heterocycles. The summed E-state index contributed by atoms with van der Waals surface area (Å²) in [6, 6.07) is 11.2. The second-order valence-corrected chi connectivity index (χ2v) is 6.85. The summed E-state index contributed by atoms with van der Waals surface area (Å²) < 4.78 is 21.6. The van der Waals surface area contributed by atoms with Crippen LogP contribution in [0.5, 0.6) is 0 Å². The van der Waals surface area contributed by atoms with Crippen LogP contribution in [0.15, 0.2) is 42.7 Å². The maximum Gasteiger partial charge on any atom is 0.142 e. The van der Waals surface area contributed by atoms with Gasteiger partial charge in [-0.2, -0.15) is 0 Å². The van der Waals surface area contributed by atoms with Crippen molar-refractivity contribution in [2.45, 2.75) is 12.6 Å². The van der Waals surface area contributed by atoms with Crippen LogP contribution in [0.1, 0.15) is 17.2 Å². The summed E-state index contributed by atoms with van der Waals surface area (Å²) in [4.78, 5) is 6.64. The fourth-order valence-corrected chi connectivity index (χ4v) is 3.40.